The van der Waals surface area contributed by atoms with Crippen LogP contribution < -0.4 is 11.1 Å². The summed E-state index contributed by atoms with van der Waals surface area (Å²) in [6, 6.07) is 0. The lowest BCUT2D eigenvalue weighted by Crippen LogP contribution is -2.94. The predicted octanol–water partition coefficient (Wildman–Crippen LogP) is 3.48. The van der Waals surface area contributed by atoms with Gasteiger partial charge in [0.05, 0.1) is 36.1 Å². The summed E-state index contributed by atoms with van der Waals surface area (Å²) >= 11 is 0. The Hall–Kier alpha value is -0.910. The molecule has 14 atom stereocenters. The van der Waals surface area contributed by atoms with Gasteiger partial charge in [0.1, 0.15) is 18.4 Å². The van der Waals surface area contributed by atoms with Crippen LogP contribution in [0.25, 0.3) is 0 Å². The molecule has 14 unspecified atom stereocenters. The van der Waals surface area contributed by atoms with Crippen LogP contribution in [0.15, 0.2) is 11.6 Å². The van der Waals surface area contributed by atoms with E-state index in [2.05, 4.69) is 19.2 Å². The third kappa shape index (κ3) is 5.48. The van der Waals surface area contributed by atoms with E-state index in [0.29, 0.717) is 43.9 Å². The fraction of sp³-hybridized carbons (Fsp3) is 0.927. The van der Waals surface area contributed by atoms with Crippen LogP contribution in [-0.4, -0.2) is 85.7 Å². The summed E-state index contributed by atoms with van der Waals surface area (Å²) < 4.78 is 6.40. The number of nitrogens with two attached hydrogens (primary N) is 2. The zero-order chi connectivity index (χ0) is 35.9. The van der Waals surface area contributed by atoms with Crippen molar-refractivity contribution in [1.29, 1.82) is 0 Å². The molecule has 0 bridgehead atoms. The van der Waals surface area contributed by atoms with Gasteiger partial charge < -0.3 is 35.6 Å². The SMILES string of the molecule is CCCC(O)(C1OC1C(C)(O)C(C)(CO)CCC1CC[NH2+]C(N)C1)C1CCC2(O)C3=CC(=O)C4CC(O)CCC4(C4CCCC4)C3CCC12C. The Morgan fingerprint density at radius 1 is 0.980 bits per heavy atom. The number of hydrogen-bond acceptors (Lipinski definition) is 8. The summed E-state index contributed by atoms with van der Waals surface area (Å²) in [7, 11) is 0. The van der Waals surface area contributed by atoms with Crippen molar-refractivity contribution >= 4 is 5.78 Å². The first-order valence-electron chi connectivity index (χ1n) is 20.6. The zero-order valence-corrected chi connectivity index (χ0v) is 31.4. The molecule has 0 aromatic rings. The summed E-state index contributed by atoms with van der Waals surface area (Å²) in [5.74, 6) is 0.642. The number of fused-ring (bicyclic) bond motifs is 5. The fourth-order valence-corrected chi connectivity index (χ4v) is 13.7. The van der Waals surface area contributed by atoms with Gasteiger partial charge in [-0.05, 0) is 131 Å². The Balaban J connectivity index is 1.16. The maximum Gasteiger partial charge on any atom is 0.159 e. The minimum Gasteiger partial charge on any atom is -0.396 e. The van der Waals surface area contributed by atoms with E-state index >= 15 is 0 Å². The van der Waals surface area contributed by atoms with Gasteiger partial charge in [0.2, 0.25) is 0 Å². The molecular formula is C41H69N2O7+. The standard InChI is InChI=1S/C41H68N2O7/c1-5-15-40(48,35-34(50-35)38(4,47)36(2,24-44)16-10-25-14-20-43-33(42)21-25)32-13-19-41(49)29-23-31(46)30-22-27(45)11-18-39(30,26-8-6-7-9-26)28(29)12-17-37(32,41)3/h23,25-28,30,32-35,43-45,47-49H,5-22,24,42H2,1-4H3/p+1. The number of piperidine rings is 1. The molecule has 9 nitrogen and oxygen atoms in total. The largest absolute Gasteiger partial charge is 0.396 e. The minimum absolute atomic E-state index is 0.0881. The molecule has 2 aliphatic heterocycles. The van der Waals surface area contributed by atoms with Crippen molar-refractivity contribution in [2.45, 2.75) is 178 Å². The number of rotatable bonds is 11. The Morgan fingerprint density at radius 3 is 2.40 bits per heavy atom. The molecule has 6 fully saturated rings. The Bertz CT molecular complexity index is 1320. The van der Waals surface area contributed by atoms with Gasteiger partial charge >= 0.3 is 0 Å². The van der Waals surface area contributed by atoms with Gasteiger partial charge in [-0.15, -0.1) is 0 Å². The number of carbonyl (C=O) groups is 1. The van der Waals surface area contributed by atoms with Crippen LogP contribution in [0, 0.1) is 45.8 Å². The summed E-state index contributed by atoms with van der Waals surface area (Å²) in [4.78, 5) is 14.1. The van der Waals surface area contributed by atoms with Crippen LogP contribution in [0.3, 0.4) is 0 Å². The van der Waals surface area contributed by atoms with Gasteiger partial charge in [0.15, 0.2) is 5.78 Å². The minimum atomic E-state index is -1.38. The number of carbonyl (C=O) groups excluding carboxylic acids is 1. The third-order valence-corrected chi connectivity index (χ3v) is 16.9. The van der Waals surface area contributed by atoms with E-state index in [1.807, 2.05) is 6.92 Å². The molecule has 50 heavy (non-hydrogen) atoms. The second kappa shape index (κ2) is 13.1. The highest BCUT2D eigenvalue weighted by atomic mass is 16.6. The average molecular weight is 702 g/mol. The van der Waals surface area contributed by atoms with Crippen LogP contribution in [0.5, 0.6) is 0 Å². The van der Waals surface area contributed by atoms with Gasteiger partial charge in [-0.25, -0.2) is 0 Å². The van der Waals surface area contributed by atoms with Crippen molar-refractivity contribution in [2.24, 2.45) is 51.6 Å². The average Bonchev–Trinajstić information content (AvgIpc) is 3.63. The molecule has 4 saturated carbocycles. The lowest BCUT2D eigenvalue weighted by Gasteiger charge is -2.63. The first-order valence-corrected chi connectivity index (χ1v) is 20.6. The molecule has 2 heterocycles. The molecule has 7 aliphatic rings. The van der Waals surface area contributed by atoms with E-state index in [1.165, 1.54) is 12.8 Å². The molecule has 2 saturated heterocycles. The monoisotopic (exact) mass is 702 g/mol. The van der Waals surface area contributed by atoms with Crippen molar-refractivity contribution in [3.05, 3.63) is 11.6 Å². The van der Waals surface area contributed by atoms with Gasteiger partial charge in [-0.2, -0.15) is 0 Å². The summed E-state index contributed by atoms with van der Waals surface area (Å²) in [5.41, 5.74) is 1.56. The predicted molar refractivity (Wildman–Crippen MR) is 190 cm³/mol. The van der Waals surface area contributed by atoms with E-state index < -0.39 is 45.9 Å². The van der Waals surface area contributed by atoms with Gasteiger partial charge in [-0.1, -0.05) is 40.0 Å². The number of aliphatic hydroxyl groups excluding tert-OH is 2. The lowest BCUT2D eigenvalue weighted by molar-refractivity contribution is -0.699. The molecule has 0 spiro atoms. The van der Waals surface area contributed by atoms with Crippen LogP contribution in [0.4, 0.5) is 0 Å². The van der Waals surface area contributed by atoms with Crippen LogP contribution >= 0.6 is 0 Å². The lowest BCUT2D eigenvalue weighted by atomic mass is 9.42. The highest BCUT2D eigenvalue weighted by Crippen LogP contribution is 2.72. The quantitative estimate of drug-likeness (QED) is 0.161. The van der Waals surface area contributed by atoms with Gasteiger partial charge in [0, 0.05) is 23.2 Å². The Kier molecular flexibility index (Phi) is 9.83. The highest BCUT2D eigenvalue weighted by molar-refractivity contribution is 5.95. The normalized spacial score (nSPS) is 46.9. The van der Waals surface area contributed by atoms with Crippen molar-refractivity contribution < 1.29 is 40.4 Å². The third-order valence-electron chi connectivity index (χ3n) is 16.9. The number of epoxide rings is 1. The van der Waals surface area contributed by atoms with Crippen molar-refractivity contribution in [3.8, 4) is 0 Å². The number of ether oxygens (including phenoxy) is 1. The van der Waals surface area contributed by atoms with Gasteiger partial charge in [0.25, 0.3) is 0 Å². The molecule has 0 radical (unpaired) electrons. The topological polar surface area (TPSA) is 173 Å². The maximum absolute atomic E-state index is 14.1. The summed E-state index contributed by atoms with van der Waals surface area (Å²) in [6.07, 6.45) is 14.4. The molecule has 9 N–H and O–H groups in total. The molecule has 9 heteroatoms. The van der Waals surface area contributed by atoms with E-state index in [4.69, 9.17) is 10.5 Å². The number of aliphatic hydroxyl groups is 5. The van der Waals surface area contributed by atoms with E-state index in [9.17, 15) is 30.3 Å². The van der Waals surface area contributed by atoms with Crippen LogP contribution in [0.2, 0.25) is 0 Å². The smallest absolute Gasteiger partial charge is 0.159 e. The summed E-state index contributed by atoms with van der Waals surface area (Å²) in [6.45, 7) is 8.74. The summed E-state index contributed by atoms with van der Waals surface area (Å²) in [5, 5.41) is 61.9. The zero-order valence-electron chi connectivity index (χ0n) is 31.4. The van der Waals surface area contributed by atoms with Crippen molar-refractivity contribution in [2.75, 3.05) is 13.2 Å². The number of hydrogen-bond donors (Lipinski definition) is 7. The molecule has 0 aromatic carbocycles. The van der Waals surface area contributed by atoms with E-state index in [0.717, 1.165) is 76.3 Å². The number of allylic oxidation sites excluding steroid dienone is 1. The van der Waals surface area contributed by atoms with Crippen molar-refractivity contribution in [1.82, 2.24) is 0 Å². The molecular weight excluding hydrogens is 632 g/mol. The molecule has 7 rings (SSSR count). The second-order valence-corrected chi connectivity index (χ2v) is 19.2. The first-order chi connectivity index (χ1) is 23.6. The highest BCUT2D eigenvalue weighted by Gasteiger charge is 2.74. The van der Waals surface area contributed by atoms with Crippen molar-refractivity contribution in [3.63, 3.8) is 0 Å². The van der Waals surface area contributed by atoms with Gasteiger partial charge in [-0.3, -0.25) is 10.5 Å². The maximum atomic E-state index is 14.1. The van der Waals surface area contributed by atoms with E-state index in [1.54, 1.807) is 13.0 Å². The van der Waals surface area contributed by atoms with E-state index in [-0.39, 0.29) is 41.7 Å². The first kappa shape index (κ1) is 37.4. The Labute approximate surface area is 300 Å². The molecule has 5 aliphatic carbocycles. The number of ketones is 1. The Morgan fingerprint density at radius 2 is 1.72 bits per heavy atom. The van der Waals surface area contributed by atoms with Crippen LogP contribution in [0.1, 0.15) is 137 Å². The molecule has 0 aromatic heterocycles. The van der Waals surface area contributed by atoms with Crippen LogP contribution in [-0.2, 0) is 9.53 Å². The second-order valence-electron chi connectivity index (χ2n) is 19.2. The fourth-order valence-electron chi connectivity index (χ4n) is 13.7. The molecule has 284 valence electrons. The number of quaternary nitrogens is 1. The molecule has 0 amide bonds.